The van der Waals surface area contributed by atoms with Crippen LogP contribution in [0.5, 0.6) is 0 Å². The van der Waals surface area contributed by atoms with Crippen LogP contribution >= 0.6 is 0 Å². The Hall–Kier alpha value is -1.35. The van der Waals surface area contributed by atoms with Crippen molar-refractivity contribution in [3.63, 3.8) is 0 Å². The Morgan fingerprint density at radius 3 is 2.65 bits per heavy atom. The van der Waals surface area contributed by atoms with E-state index in [0.717, 1.165) is 25.1 Å². The number of amides is 1. The molecule has 94 valence electrons. The number of carbonyl (C=O) groups excluding carboxylic acids is 1. The van der Waals surface area contributed by atoms with E-state index in [2.05, 4.69) is 24.5 Å². The van der Waals surface area contributed by atoms with Crippen LogP contribution in [-0.4, -0.2) is 19.0 Å². The van der Waals surface area contributed by atoms with Gasteiger partial charge in [0.2, 0.25) is 5.91 Å². The molecule has 3 nitrogen and oxygen atoms in total. The van der Waals surface area contributed by atoms with E-state index in [0.29, 0.717) is 6.54 Å². The summed E-state index contributed by atoms with van der Waals surface area (Å²) in [7, 11) is 0. The van der Waals surface area contributed by atoms with Gasteiger partial charge in [-0.05, 0) is 50.1 Å². The highest BCUT2D eigenvalue weighted by atomic mass is 16.1. The van der Waals surface area contributed by atoms with Gasteiger partial charge in [0.25, 0.3) is 0 Å². The van der Waals surface area contributed by atoms with Crippen molar-refractivity contribution in [2.45, 2.75) is 33.6 Å². The Balaban J connectivity index is 2.37. The van der Waals surface area contributed by atoms with Gasteiger partial charge in [-0.25, -0.2) is 0 Å². The highest BCUT2D eigenvalue weighted by Crippen LogP contribution is 2.13. The summed E-state index contributed by atoms with van der Waals surface area (Å²) in [6.07, 6.45) is 2.25. The quantitative estimate of drug-likeness (QED) is 0.743. The van der Waals surface area contributed by atoms with Gasteiger partial charge in [0.1, 0.15) is 0 Å². The predicted octanol–water partition coefficient (Wildman–Crippen LogP) is 2.63. The molecule has 0 aliphatic heterocycles. The molecule has 0 bridgehead atoms. The van der Waals surface area contributed by atoms with E-state index >= 15 is 0 Å². The van der Waals surface area contributed by atoms with Crippen molar-refractivity contribution in [3.8, 4) is 0 Å². The van der Waals surface area contributed by atoms with Crippen molar-refractivity contribution in [1.82, 2.24) is 5.32 Å². The number of benzene rings is 1. The molecular formula is C14H22N2O. The van der Waals surface area contributed by atoms with Crippen LogP contribution < -0.4 is 10.6 Å². The smallest absolute Gasteiger partial charge is 0.238 e. The minimum atomic E-state index is 0.0179. The van der Waals surface area contributed by atoms with Crippen molar-refractivity contribution in [2.24, 2.45) is 0 Å². The predicted molar refractivity (Wildman–Crippen MR) is 72.3 cm³/mol. The molecule has 1 aromatic carbocycles. The largest absolute Gasteiger partial charge is 0.325 e. The lowest BCUT2D eigenvalue weighted by Gasteiger charge is -2.08. The molecule has 1 rings (SSSR count). The molecule has 2 N–H and O–H groups in total. The van der Waals surface area contributed by atoms with Crippen LogP contribution in [0.2, 0.25) is 0 Å². The van der Waals surface area contributed by atoms with E-state index < -0.39 is 0 Å². The van der Waals surface area contributed by atoms with Gasteiger partial charge in [0.15, 0.2) is 0 Å². The summed E-state index contributed by atoms with van der Waals surface area (Å²) in [6, 6.07) is 5.96. The number of unbranched alkanes of at least 4 members (excludes halogenated alkanes) is 1. The average molecular weight is 234 g/mol. The Bertz CT molecular complexity index is 374. The van der Waals surface area contributed by atoms with E-state index in [-0.39, 0.29) is 5.91 Å². The van der Waals surface area contributed by atoms with Gasteiger partial charge in [-0.2, -0.15) is 0 Å². The maximum Gasteiger partial charge on any atom is 0.238 e. The molecule has 0 aliphatic carbocycles. The second kappa shape index (κ2) is 7.07. The van der Waals surface area contributed by atoms with Crippen LogP contribution in [0.15, 0.2) is 18.2 Å². The first-order valence-electron chi connectivity index (χ1n) is 6.21. The van der Waals surface area contributed by atoms with E-state index in [4.69, 9.17) is 0 Å². The Morgan fingerprint density at radius 1 is 1.24 bits per heavy atom. The molecule has 0 spiro atoms. The van der Waals surface area contributed by atoms with Crippen molar-refractivity contribution in [1.29, 1.82) is 0 Å². The van der Waals surface area contributed by atoms with E-state index in [1.165, 1.54) is 11.1 Å². The Kier molecular flexibility index (Phi) is 5.70. The number of hydrogen-bond acceptors (Lipinski definition) is 2. The molecule has 0 radical (unpaired) electrons. The number of carbonyl (C=O) groups is 1. The number of aryl methyl sites for hydroxylation is 2. The topological polar surface area (TPSA) is 41.1 Å². The van der Waals surface area contributed by atoms with Crippen LogP contribution in [0.4, 0.5) is 5.69 Å². The first-order chi connectivity index (χ1) is 8.13. The van der Waals surface area contributed by atoms with Crippen LogP contribution in [-0.2, 0) is 4.79 Å². The van der Waals surface area contributed by atoms with Crippen molar-refractivity contribution in [3.05, 3.63) is 29.3 Å². The Morgan fingerprint density at radius 2 is 2.00 bits per heavy atom. The number of anilines is 1. The third-order valence-corrected chi connectivity index (χ3v) is 2.78. The fourth-order valence-corrected chi connectivity index (χ4v) is 1.53. The number of rotatable bonds is 6. The van der Waals surface area contributed by atoms with E-state index in [9.17, 15) is 4.79 Å². The zero-order valence-electron chi connectivity index (χ0n) is 11.0. The van der Waals surface area contributed by atoms with Crippen LogP contribution in [0, 0.1) is 13.8 Å². The van der Waals surface area contributed by atoms with Crippen LogP contribution in [0.3, 0.4) is 0 Å². The summed E-state index contributed by atoms with van der Waals surface area (Å²) in [6.45, 7) is 7.53. The zero-order valence-corrected chi connectivity index (χ0v) is 11.0. The molecule has 0 heterocycles. The van der Waals surface area contributed by atoms with Gasteiger partial charge in [-0.1, -0.05) is 19.4 Å². The zero-order chi connectivity index (χ0) is 12.7. The highest BCUT2D eigenvalue weighted by molar-refractivity contribution is 5.92. The molecule has 0 saturated heterocycles. The van der Waals surface area contributed by atoms with Crippen molar-refractivity contribution in [2.75, 3.05) is 18.4 Å². The monoisotopic (exact) mass is 234 g/mol. The summed E-state index contributed by atoms with van der Waals surface area (Å²) in [5, 5.41) is 6.01. The molecule has 0 aliphatic rings. The lowest BCUT2D eigenvalue weighted by molar-refractivity contribution is -0.115. The van der Waals surface area contributed by atoms with Gasteiger partial charge in [-0.3, -0.25) is 4.79 Å². The normalized spacial score (nSPS) is 10.3. The second-order valence-corrected chi connectivity index (χ2v) is 4.38. The summed E-state index contributed by atoms with van der Waals surface area (Å²) >= 11 is 0. The average Bonchev–Trinajstić information content (AvgIpc) is 2.30. The van der Waals surface area contributed by atoms with Gasteiger partial charge in [0.05, 0.1) is 6.54 Å². The van der Waals surface area contributed by atoms with Gasteiger partial charge in [0, 0.05) is 5.69 Å². The molecule has 3 heteroatoms. The molecular weight excluding hydrogens is 212 g/mol. The molecule has 0 fully saturated rings. The lowest BCUT2D eigenvalue weighted by atomic mass is 10.1. The lowest BCUT2D eigenvalue weighted by Crippen LogP contribution is -2.28. The maximum atomic E-state index is 11.6. The fraction of sp³-hybridized carbons (Fsp3) is 0.500. The van der Waals surface area contributed by atoms with Crippen molar-refractivity contribution >= 4 is 11.6 Å². The van der Waals surface area contributed by atoms with Gasteiger partial charge < -0.3 is 10.6 Å². The minimum absolute atomic E-state index is 0.0179. The molecule has 0 aromatic heterocycles. The number of nitrogens with one attached hydrogen (secondary N) is 2. The second-order valence-electron chi connectivity index (χ2n) is 4.38. The molecule has 0 atom stereocenters. The van der Waals surface area contributed by atoms with Crippen LogP contribution in [0.25, 0.3) is 0 Å². The summed E-state index contributed by atoms with van der Waals surface area (Å²) < 4.78 is 0. The highest BCUT2D eigenvalue weighted by Gasteiger charge is 2.02. The molecule has 1 amide bonds. The maximum absolute atomic E-state index is 11.6. The first-order valence-corrected chi connectivity index (χ1v) is 6.21. The standard InChI is InChI=1S/C14H22N2O/c1-4-5-8-15-10-14(17)16-13-7-6-11(2)12(3)9-13/h6-7,9,15H,4-5,8,10H2,1-3H3,(H,16,17). The van der Waals surface area contributed by atoms with E-state index in [1.807, 2.05) is 25.1 Å². The minimum Gasteiger partial charge on any atom is -0.325 e. The number of hydrogen-bond donors (Lipinski definition) is 2. The Labute approximate surface area is 104 Å². The third-order valence-electron chi connectivity index (χ3n) is 2.78. The summed E-state index contributed by atoms with van der Waals surface area (Å²) in [5.74, 6) is 0.0179. The SMILES string of the molecule is CCCCNCC(=O)Nc1ccc(C)c(C)c1. The van der Waals surface area contributed by atoms with Crippen molar-refractivity contribution < 1.29 is 4.79 Å². The summed E-state index contributed by atoms with van der Waals surface area (Å²) in [5.41, 5.74) is 3.31. The van der Waals surface area contributed by atoms with Gasteiger partial charge in [-0.15, -0.1) is 0 Å². The molecule has 0 saturated carbocycles. The van der Waals surface area contributed by atoms with Gasteiger partial charge >= 0.3 is 0 Å². The van der Waals surface area contributed by atoms with Crippen LogP contribution in [0.1, 0.15) is 30.9 Å². The molecule has 0 unspecified atom stereocenters. The third kappa shape index (κ3) is 5.00. The first kappa shape index (κ1) is 13.7. The molecule has 17 heavy (non-hydrogen) atoms. The summed E-state index contributed by atoms with van der Waals surface area (Å²) in [4.78, 5) is 11.6. The fourth-order valence-electron chi connectivity index (χ4n) is 1.53. The van der Waals surface area contributed by atoms with E-state index in [1.54, 1.807) is 0 Å². The molecule has 1 aromatic rings.